The first-order chi connectivity index (χ1) is 15.0. The highest BCUT2D eigenvalue weighted by molar-refractivity contribution is 5.30. The molecule has 2 aromatic carbocycles. The van der Waals surface area contributed by atoms with Crippen molar-refractivity contribution in [3.63, 3.8) is 0 Å². The number of unbranched alkanes of at least 4 members (excludes halogenated alkanes) is 11. The number of hydrogen-bond acceptors (Lipinski definition) is 1. The second-order valence-corrected chi connectivity index (χ2v) is 9.34. The lowest BCUT2D eigenvalue weighted by Gasteiger charge is -2.13. The van der Waals surface area contributed by atoms with Crippen LogP contribution >= 0.6 is 0 Å². The Balaban J connectivity index is 0.000000577. The molecule has 0 radical (unpaired) electrons. The lowest BCUT2D eigenvalue weighted by atomic mass is 9.92. The van der Waals surface area contributed by atoms with Crippen LogP contribution in [0.3, 0.4) is 0 Å². The van der Waals surface area contributed by atoms with Crippen LogP contribution in [-0.4, -0.2) is 5.11 Å². The summed E-state index contributed by atoms with van der Waals surface area (Å²) in [4.78, 5) is 0. The summed E-state index contributed by atoms with van der Waals surface area (Å²) >= 11 is 0. The van der Waals surface area contributed by atoms with Crippen LogP contribution in [0, 0.1) is 13.8 Å². The molecule has 31 heavy (non-hydrogen) atoms. The van der Waals surface area contributed by atoms with E-state index < -0.39 is 0 Å². The maximum absolute atomic E-state index is 8.63. The van der Waals surface area contributed by atoms with Gasteiger partial charge in [0.05, 0.1) is 0 Å². The Morgan fingerprint density at radius 2 is 1.10 bits per heavy atom. The molecule has 174 valence electrons. The molecule has 2 aromatic rings. The fourth-order valence-corrected chi connectivity index (χ4v) is 4.18. The van der Waals surface area contributed by atoms with E-state index in [2.05, 4.69) is 45.9 Å². The lowest BCUT2D eigenvalue weighted by molar-refractivity contribution is 0.475. The van der Waals surface area contributed by atoms with E-state index in [9.17, 15) is 0 Å². The topological polar surface area (TPSA) is 20.2 Å². The van der Waals surface area contributed by atoms with E-state index in [1.807, 2.05) is 6.07 Å². The van der Waals surface area contributed by atoms with Crippen molar-refractivity contribution in [2.75, 3.05) is 0 Å². The smallest absolute Gasteiger partial charge is 0.115 e. The Morgan fingerprint density at radius 1 is 0.645 bits per heavy atom. The SMILES string of the molecule is CCCCCCCCCCCCCCC(C)c1cc(C)cc(C)c1.Oc1ccccc1. The normalized spacial score (nSPS) is 11.6. The van der Waals surface area contributed by atoms with Gasteiger partial charge in [0, 0.05) is 0 Å². The minimum atomic E-state index is 0.322. The number of hydrogen-bond donors (Lipinski definition) is 1. The Labute approximate surface area is 193 Å². The minimum Gasteiger partial charge on any atom is -0.508 e. The Hall–Kier alpha value is -1.76. The fraction of sp³-hybridized carbons (Fsp3) is 0.600. The van der Waals surface area contributed by atoms with Crippen LogP contribution in [0.2, 0.25) is 0 Å². The van der Waals surface area contributed by atoms with E-state index in [0.29, 0.717) is 11.7 Å². The van der Waals surface area contributed by atoms with Crippen molar-refractivity contribution in [1.29, 1.82) is 0 Å². The lowest BCUT2D eigenvalue weighted by Crippen LogP contribution is -1.95. The molecule has 0 fully saturated rings. The van der Waals surface area contributed by atoms with Gasteiger partial charge in [0.15, 0.2) is 0 Å². The molecular formula is C30H48O. The van der Waals surface area contributed by atoms with Gasteiger partial charge >= 0.3 is 0 Å². The van der Waals surface area contributed by atoms with Crippen molar-refractivity contribution >= 4 is 0 Å². The van der Waals surface area contributed by atoms with Gasteiger partial charge in [-0.2, -0.15) is 0 Å². The third kappa shape index (κ3) is 14.8. The van der Waals surface area contributed by atoms with E-state index in [1.165, 1.54) is 100 Å². The molecule has 1 atom stereocenters. The molecule has 2 rings (SSSR count). The van der Waals surface area contributed by atoms with Crippen LogP contribution in [0.5, 0.6) is 5.75 Å². The first kappa shape index (κ1) is 27.3. The molecule has 0 saturated carbocycles. The molecule has 1 heteroatoms. The zero-order valence-corrected chi connectivity index (χ0v) is 20.8. The number of para-hydroxylation sites is 1. The average molecular weight is 425 g/mol. The van der Waals surface area contributed by atoms with E-state index in [4.69, 9.17) is 5.11 Å². The van der Waals surface area contributed by atoms with E-state index in [0.717, 1.165) is 0 Å². The summed E-state index contributed by atoms with van der Waals surface area (Å²) in [5.41, 5.74) is 4.36. The van der Waals surface area contributed by atoms with Crippen molar-refractivity contribution in [3.05, 3.63) is 65.2 Å². The Kier molecular flexibility index (Phi) is 15.7. The number of phenolic OH excluding ortho intramolecular Hbond substituents is 1. The predicted molar refractivity (Wildman–Crippen MR) is 138 cm³/mol. The average Bonchev–Trinajstić information content (AvgIpc) is 2.74. The number of rotatable bonds is 14. The van der Waals surface area contributed by atoms with Gasteiger partial charge in [0.25, 0.3) is 0 Å². The van der Waals surface area contributed by atoms with E-state index in [1.54, 1.807) is 24.3 Å². The largest absolute Gasteiger partial charge is 0.508 e. The van der Waals surface area contributed by atoms with Gasteiger partial charge < -0.3 is 5.11 Å². The molecular weight excluding hydrogens is 376 g/mol. The standard InChI is InChI=1S/C24H42.C6H6O/c1-5-6-7-8-9-10-11-12-13-14-15-16-17-23(4)24-19-21(2)18-22(3)20-24;7-6-4-2-1-3-5-6/h18-20,23H,5-17H2,1-4H3;1-5,7H. The van der Waals surface area contributed by atoms with Crippen LogP contribution in [-0.2, 0) is 0 Å². The van der Waals surface area contributed by atoms with Gasteiger partial charge in [-0.05, 0) is 43.9 Å². The zero-order valence-electron chi connectivity index (χ0n) is 20.8. The monoisotopic (exact) mass is 424 g/mol. The Morgan fingerprint density at radius 3 is 1.52 bits per heavy atom. The minimum absolute atomic E-state index is 0.322. The van der Waals surface area contributed by atoms with E-state index in [-0.39, 0.29) is 0 Å². The maximum atomic E-state index is 8.63. The van der Waals surface area contributed by atoms with Crippen molar-refractivity contribution in [2.24, 2.45) is 0 Å². The van der Waals surface area contributed by atoms with Crippen LogP contribution in [0.25, 0.3) is 0 Å². The number of phenols is 1. The van der Waals surface area contributed by atoms with Crippen molar-refractivity contribution in [3.8, 4) is 5.75 Å². The van der Waals surface area contributed by atoms with Gasteiger partial charge in [-0.25, -0.2) is 0 Å². The maximum Gasteiger partial charge on any atom is 0.115 e. The molecule has 0 spiro atoms. The molecule has 1 unspecified atom stereocenters. The molecule has 0 amide bonds. The Bertz CT molecular complexity index is 641. The quantitative estimate of drug-likeness (QED) is 0.299. The molecule has 0 aliphatic rings. The second-order valence-electron chi connectivity index (χ2n) is 9.34. The first-order valence-corrected chi connectivity index (χ1v) is 12.8. The molecule has 0 saturated heterocycles. The highest BCUT2D eigenvalue weighted by atomic mass is 16.3. The zero-order chi connectivity index (χ0) is 22.7. The second kappa shape index (κ2) is 17.9. The molecule has 1 N–H and O–H groups in total. The number of aryl methyl sites for hydroxylation is 2. The molecule has 0 heterocycles. The summed E-state index contributed by atoms with van der Waals surface area (Å²) in [7, 11) is 0. The van der Waals surface area contributed by atoms with Gasteiger partial charge in [-0.3, -0.25) is 0 Å². The molecule has 0 bridgehead atoms. The highest BCUT2D eigenvalue weighted by Gasteiger charge is 2.06. The molecule has 0 aromatic heterocycles. The summed E-state index contributed by atoms with van der Waals surface area (Å²) in [6.45, 7) is 9.12. The third-order valence-corrected chi connectivity index (χ3v) is 6.06. The van der Waals surface area contributed by atoms with Crippen LogP contribution < -0.4 is 0 Å². The fourth-order valence-electron chi connectivity index (χ4n) is 4.18. The first-order valence-electron chi connectivity index (χ1n) is 12.8. The van der Waals surface area contributed by atoms with Gasteiger partial charge in [-0.1, -0.05) is 138 Å². The number of aromatic hydroxyl groups is 1. The van der Waals surface area contributed by atoms with Gasteiger partial charge in [0.1, 0.15) is 5.75 Å². The summed E-state index contributed by atoms with van der Waals surface area (Å²) in [5.74, 6) is 1.04. The summed E-state index contributed by atoms with van der Waals surface area (Å²) in [6.07, 6.45) is 18.6. The van der Waals surface area contributed by atoms with Crippen molar-refractivity contribution in [1.82, 2.24) is 0 Å². The molecule has 0 aliphatic heterocycles. The summed E-state index contributed by atoms with van der Waals surface area (Å²) in [5, 5.41) is 8.63. The van der Waals surface area contributed by atoms with Crippen LogP contribution in [0.1, 0.15) is 120 Å². The van der Waals surface area contributed by atoms with Gasteiger partial charge in [0.2, 0.25) is 0 Å². The molecule has 1 nitrogen and oxygen atoms in total. The number of benzene rings is 2. The van der Waals surface area contributed by atoms with Crippen molar-refractivity contribution < 1.29 is 5.11 Å². The third-order valence-electron chi connectivity index (χ3n) is 6.06. The van der Waals surface area contributed by atoms with Crippen LogP contribution in [0.15, 0.2) is 48.5 Å². The summed E-state index contributed by atoms with van der Waals surface area (Å²) in [6, 6.07) is 15.7. The highest BCUT2D eigenvalue weighted by Crippen LogP contribution is 2.24. The molecule has 0 aliphatic carbocycles. The predicted octanol–water partition coefficient (Wildman–Crippen LogP) is 9.89. The van der Waals surface area contributed by atoms with Crippen molar-refractivity contribution in [2.45, 2.75) is 117 Å². The van der Waals surface area contributed by atoms with Crippen LogP contribution in [0.4, 0.5) is 0 Å². The van der Waals surface area contributed by atoms with Gasteiger partial charge in [-0.15, -0.1) is 0 Å². The van der Waals surface area contributed by atoms with E-state index >= 15 is 0 Å². The summed E-state index contributed by atoms with van der Waals surface area (Å²) < 4.78 is 0.